The lowest BCUT2D eigenvalue weighted by Crippen LogP contribution is -2.40. The third kappa shape index (κ3) is 3.06. The van der Waals surface area contributed by atoms with Crippen molar-refractivity contribution in [2.45, 2.75) is 0 Å². The van der Waals surface area contributed by atoms with E-state index in [1.807, 2.05) is 5.01 Å². The van der Waals surface area contributed by atoms with Gasteiger partial charge in [-0.1, -0.05) is 11.6 Å². The predicted octanol–water partition coefficient (Wildman–Crippen LogP) is 1.91. The topological polar surface area (TPSA) is 67.6 Å². The highest BCUT2D eigenvalue weighted by molar-refractivity contribution is 6.31. The number of benzene rings is 1. The Hall–Kier alpha value is -1.37. The molecule has 0 spiro atoms. The molecule has 0 radical (unpaired) electrons. The third-order valence-electron chi connectivity index (χ3n) is 2.44. The molecule has 1 N–H and O–H groups in total. The summed E-state index contributed by atoms with van der Waals surface area (Å²) in [6.07, 6.45) is 0. The van der Waals surface area contributed by atoms with Gasteiger partial charge in [0.25, 0.3) is 5.69 Å². The van der Waals surface area contributed by atoms with Crippen LogP contribution in [0.3, 0.4) is 0 Å². The maximum atomic E-state index is 10.9. The molecule has 0 saturated carbocycles. The number of anilines is 1. The summed E-state index contributed by atoms with van der Waals surface area (Å²) < 4.78 is 5.20. The highest BCUT2D eigenvalue weighted by Crippen LogP contribution is 2.28. The molecule has 1 aliphatic heterocycles. The Kier molecular flexibility index (Phi) is 3.78. The van der Waals surface area contributed by atoms with E-state index in [9.17, 15) is 10.1 Å². The first kappa shape index (κ1) is 12.1. The minimum Gasteiger partial charge on any atom is -0.379 e. The first-order valence-corrected chi connectivity index (χ1v) is 5.58. The average molecular weight is 258 g/mol. The molecule has 17 heavy (non-hydrogen) atoms. The highest BCUT2D eigenvalue weighted by Gasteiger charge is 2.17. The van der Waals surface area contributed by atoms with Crippen LogP contribution < -0.4 is 5.43 Å². The molecule has 0 unspecified atom stereocenters. The third-order valence-corrected chi connectivity index (χ3v) is 2.68. The van der Waals surface area contributed by atoms with Crippen LogP contribution in [0.4, 0.5) is 11.4 Å². The van der Waals surface area contributed by atoms with Crippen LogP contribution in [0.15, 0.2) is 18.2 Å². The first-order valence-electron chi connectivity index (χ1n) is 5.20. The van der Waals surface area contributed by atoms with E-state index in [0.29, 0.717) is 37.0 Å². The van der Waals surface area contributed by atoms with Gasteiger partial charge in [0, 0.05) is 24.2 Å². The lowest BCUT2D eigenvalue weighted by atomic mass is 10.3. The zero-order valence-corrected chi connectivity index (χ0v) is 9.81. The maximum Gasteiger partial charge on any atom is 0.293 e. The molecule has 0 atom stereocenters. The summed E-state index contributed by atoms with van der Waals surface area (Å²) in [4.78, 5) is 10.4. The van der Waals surface area contributed by atoms with Crippen molar-refractivity contribution in [3.8, 4) is 0 Å². The fourth-order valence-electron chi connectivity index (χ4n) is 1.60. The Morgan fingerprint density at radius 3 is 2.76 bits per heavy atom. The first-order chi connectivity index (χ1) is 8.16. The van der Waals surface area contributed by atoms with Gasteiger partial charge >= 0.3 is 0 Å². The number of nitro groups is 1. The molecule has 1 heterocycles. The summed E-state index contributed by atoms with van der Waals surface area (Å²) in [6.45, 7) is 2.59. The molecule has 7 heteroatoms. The lowest BCUT2D eigenvalue weighted by molar-refractivity contribution is -0.384. The number of hydrogen-bond donors (Lipinski definition) is 1. The monoisotopic (exact) mass is 257 g/mol. The van der Waals surface area contributed by atoms with E-state index in [-0.39, 0.29) is 5.69 Å². The Morgan fingerprint density at radius 2 is 2.12 bits per heavy atom. The van der Waals surface area contributed by atoms with Crippen molar-refractivity contribution in [1.29, 1.82) is 0 Å². The molecular weight excluding hydrogens is 246 g/mol. The Labute approximate surface area is 103 Å². The van der Waals surface area contributed by atoms with Gasteiger partial charge < -0.3 is 10.2 Å². The van der Waals surface area contributed by atoms with Gasteiger partial charge in [-0.25, -0.2) is 5.01 Å². The van der Waals surface area contributed by atoms with Crippen LogP contribution in [-0.4, -0.2) is 36.2 Å². The Balaban J connectivity index is 2.17. The second kappa shape index (κ2) is 5.31. The molecular formula is C10H12ClN3O3. The van der Waals surface area contributed by atoms with Crippen LogP contribution in [0.2, 0.25) is 5.02 Å². The molecule has 0 aromatic heterocycles. The van der Waals surface area contributed by atoms with Crippen LogP contribution in [0.25, 0.3) is 0 Å². The van der Waals surface area contributed by atoms with E-state index in [2.05, 4.69) is 5.43 Å². The average Bonchev–Trinajstić information content (AvgIpc) is 2.30. The number of halogens is 1. The van der Waals surface area contributed by atoms with E-state index >= 15 is 0 Å². The minimum atomic E-state index is -0.431. The molecule has 92 valence electrons. The molecule has 1 saturated heterocycles. The van der Waals surface area contributed by atoms with Crippen molar-refractivity contribution in [2.75, 3.05) is 31.7 Å². The van der Waals surface area contributed by atoms with Gasteiger partial charge in [-0.3, -0.25) is 10.1 Å². The van der Waals surface area contributed by atoms with Gasteiger partial charge in [0.15, 0.2) is 0 Å². The van der Waals surface area contributed by atoms with Gasteiger partial charge in [-0.2, -0.15) is 0 Å². The van der Waals surface area contributed by atoms with Crippen LogP contribution >= 0.6 is 11.6 Å². The number of nitrogens with zero attached hydrogens (tertiary/aromatic N) is 2. The van der Waals surface area contributed by atoms with E-state index in [1.165, 1.54) is 12.1 Å². The number of hydrogen-bond acceptors (Lipinski definition) is 5. The number of nitrogens with one attached hydrogen (secondary N) is 1. The summed E-state index contributed by atoms with van der Waals surface area (Å²) >= 11 is 5.83. The van der Waals surface area contributed by atoms with Gasteiger partial charge in [-0.05, 0) is 12.1 Å². The van der Waals surface area contributed by atoms with Crippen LogP contribution in [0.1, 0.15) is 0 Å². The zero-order chi connectivity index (χ0) is 12.3. The fraction of sp³-hybridized carbons (Fsp3) is 0.400. The molecule has 6 nitrogen and oxygen atoms in total. The van der Waals surface area contributed by atoms with Crippen molar-refractivity contribution < 1.29 is 9.66 Å². The molecule has 2 rings (SSSR count). The normalized spacial score (nSPS) is 16.8. The molecule has 0 aliphatic carbocycles. The second-order valence-electron chi connectivity index (χ2n) is 3.63. The number of rotatable bonds is 3. The summed E-state index contributed by atoms with van der Waals surface area (Å²) in [5, 5.41) is 13.2. The van der Waals surface area contributed by atoms with Crippen LogP contribution in [0, 0.1) is 10.1 Å². The van der Waals surface area contributed by atoms with E-state index in [0.717, 1.165) is 0 Å². The Bertz CT molecular complexity index is 421. The van der Waals surface area contributed by atoms with Gasteiger partial charge in [0.1, 0.15) is 5.69 Å². The molecule has 1 aromatic carbocycles. The molecule has 1 fully saturated rings. The van der Waals surface area contributed by atoms with E-state index in [4.69, 9.17) is 16.3 Å². The van der Waals surface area contributed by atoms with Crippen molar-refractivity contribution in [3.05, 3.63) is 33.3 Å². The second-order valence-corrected chi connectivity index (χ2v) is 4.07. The van der Waals surface area contributed by atoms with Gasteiger partial charge in [0.2, 0.25) is 0 Å². The number of ether oxygens (including phenoxy) is 1. The van der Waals surface area contributed by atoms with Crippen molar-refractivity contribution in [1.82, 2.24) is 5.01 Å². The van der Waals surface area contributed by atoms with Crippen LogP contribution in [0.5, 0.6) is 0 Å². The summed E-state index contributed by atoms with van der Waals surface area (Å²) in [5.41, 5.74) is 3.42. The number of hydrazine groups is 1. The molecule has 0 bridgehead atoms. The minimum absolute atomic E-state index is 0.0147. The smallest absolute Gasteiger partial charge is 0.293 e. The van der Waals surface area contributed by atoms with E-state index in [1.54, 1.807) is 6.07 Å². The SMILES string of the molecule is O=[N+]([O-])c1ccc(Cl)cc1NN1CCOCC1. The molecule has 0 amide bonds. The summed E-state index contributed by atoms with van der Waals surface area (Å²) in [6, 6.07) is 4.45. The zero-order valence-electron chi connectivity index (χ0n) is 9.06. The quantitative estimate of drug-likeness (QED) is 0.662. The van der Waals surface area contributed by atoms with Crippen LogP contribution in [-0.2, 0) is 4.74 Å². The standard InChI is InChI=1S/C10H12ClN3O3/c11-8-1-2-10(14(15)16)9(7-8)12-13-3-5-17-6-4-13/h1-2,7,12H,3-6H2. The molecule has 1 aliphatic rings. The molecule has 1 aromatic rings. The highest BCUT2D eigenvalue weighted by atomic mass is 35.5. The van der Waals surface area contributed by atoms with Gasteiger partial charge in [0.05, 0.1) is 18.1 Å². The lowest BCUT2D eigenvalue weighted by Gasteiger charge is -2.27. The number of nitro benzene ring substituents is 1. The van der Waals surface area contributed by atoms with E-state index < -0.39 is 4.92 Å². The summed E-state index contributed by atoms with van der Waals surface area (Å²) in [7, 11) is 0. The fourth-order valence-corrected chi connectivity index (χ4v) is 1.77. The van der Waals surface area contributed by atoms with Crippen molar-refractivity contribution in [3.63, 3.8) is 0 Å². The Morgan fingerprint density at radius 1 is 1.41 bits per heavy atom. The van der Waals surface area contributed by atoms with Crippen molar-refractivity contribution in [2.24, 2.45) is 0 Å². The van der Waals surface area contributed by atoms with Gasteiger partial charge in [-0.15, -0.1) is 0 Å². The number of morpholine rings is 1. The largest absolute Gasteiger partial charge is 0.379 e. The predicted molar refractivity (Wildman–Crippen MR) is 64.1 cm³/mol. The summed E-state index contributed by atoms with van der Waals surface area (Å²) in [5.74, 6) is 0. The maximum absolute atomic E-state index is 10.9. The van der Waals surface area contributed by atoms with Crippen molar-refractivity contribution >= 4 is 23.0 Å².